The summed E-state index contributed by atoms with van der Waals surface area (Å²) in [4.78, 5) is 0. The predicted octanol–water partition coefficient (Wildman–Crippen LogP) is 2.69. The Bertz CT molecular complexity index is 358. The monoisotopic (exact) mass is 190 g/mol. The maximum Gasteiger partial charge on any atom is 0.193 e. The van der Waals surface area contributed by atoms with E-state index in [4.69, 9.17) is 9.68 Å². The minimum atomic E-state index is -0.138. The molecule has 14 heavy (non-hydrogen) atoms. The zero-order valence-corrected chi connectivity index (χ0v) is 8.34. The number of hydrogen-bond donors (Lipinski definition) is 1. The van der Waals surface area contributed by atoms with E-state index in [9.17, 15) is 0 Å². The van der Waals surface area contributed by atoms with Crippen molar-refractivity contribution in [2.24, 2.45) is 5.41 Å². The van der Waals surface area contributed by atoms with Crippen molar-refractivity contribution in [2.45, 2.75) is 26.2 Å². The molecule has 0 saturated heterocycles. The molecular weight excluding hydrogens is 176 g/mol. The molecule has 1 fully saturated rings. The second-order valence-corrected chi connectivity index (χ2v) is 4.01. The SMILES string of the molecule is Cc1ccc(NCC2(C#N)CCC2)o1. The van der Waals surface area contributed by atoms with Gasteiger partial charge >= 0.3 is 0 Å². The molecule has 0 amide bonds. The van der Waals surface area contributed by atoms with Gasteiger partial charge in [-0.1, -0.05) is 6.42 Å². The second kappa shape index (κ2) is 3.38. The Kier molecular flexibility index (Phi) is 2.20. The third-order valence-electron chi connectivity index (χ3n) is 2.89. The van der Waals surface area contributed by atoms with Crippen molar-refractivity contribution >= 4 is 5.88 Å². The van der Waals surface area contributed by atoms with E-state index in [2.05, 4.69) is 11.4 Å². The van der Waals surface area contributed by atoms with E-state index in [0.29, 0.717) is 6.54 Å². The molecule has 0 aliphatic heterocycles. The first-order valence-corrected chi connectivity index (χ1v) is 4.96. The summed E-state index contributed by atoms with van der Waals surface area (Å²) in [6.45, 7) is 2.62. The molecule has 1 aliphatic carbocycles. The summed E-state index contributed by atoms with van der Waals surface area (Å²) in [7, 11) is 0. The summed E-state index contributed by atoms with van der Waals surface area (Å²) >= 11 is 0. The summed E-state index contributed by atoms with van der Waals surface area (Å²) in [5.41, 5.74) is -0.138. The zero-order valence-electron chi connectivity index (χ0n) is 8.34. The number of anilines is 1. The molecule has 74 valence electrons. The molecule has 1 aromatic rings. The van der Waals surface area contributed by atoms with Crippen molar-refractivity contribution in [3.8, 4) is 6.07 Å². The fourth-order valence-corrected chi connectivity index (χ4v) is 1.72. The van der Waals surface area contributed by atoms with Crippen molar-refractivity contribution < 1.29 is 4.42 Å². The van der Waals surface area contributed by atoms with Crippen LogP contribution in [0.2, 0.25) is 0 Å². The standard InChI is InChI=1S/C11H14N2O/c1-9-3-4-10(14-9)13-8-11(7-12)5-2-6-11/h3-4,13H,2,5-6,8H2,1H3. The molecular formula is C11H14N2O. The molecule has 3 nitrogen and oxygen atoms in total. The van der Waals surface area contributed by atoms with Crippen molar-refractivity contribution in [2.75, 3.05) is 11.9 Å². The van der Waals surface area contributed by atoms with Gasteiger partial charge in [0.1, 0.15) is 5.76 Å². The maximum atomic E-state index is 9.00. The average molecular weight is 190 g/mol. The van der Waals surface area contributed by atoms with Gasteiger partial charge in [-0.05, 0) is 25.8 Å². The van der Waals surface area contributed by atoms with Gasteiger partial charge in [-0.15, -0.1) is 0 Å². The van der Waals surface area contributed by atoms with Crippen molar-refractivity contribution in [1.29, 1.82) is 5.26 Å². The van der Waals surface area contributed by atoms with Crippen LogP contribution in [0.4, 0.5) is 5.88 Å². The first kappa shape index (κ1) is 9.14. The minimum Gasteiger partial charge on any atom is -0.446 e. The molecule has 0 unspecified atom stereocenters. The topological polar surface area (TPSA) is 49.0 Å². The predicted molar refractivity (Wildman–Crippen MR) is 53.8 cm³/mol. The van der Waals surface area contributed by atoms with Crippen LogP contribution in [0.3, 0.4) is 0 Å². The van der Waals surface area contributed by atoms with Crippen LogP contribution in [0.25, 0.3) is 0 Å². The lowest BCUT2D eigenvalue weighted by molar-refractivity contribution is 0.232. The van der Waals surface area contributed by atoms with E-state index < -0.39 is 0 Å². The third-order valence-corrected chi connectivity index (χ3v) is 2.89. The lowest BCUT2D eigenvalue weighted by Gasteiger charge is -2.34. The van der Waals surface area contributed by atoms with Crippen LogP contribution >= 0.6 is 0 Å². The first-order chi connectivity index (χ1) is 6.74. The molecule has 2 rings (SSSR count). The van der Waals surface area contributed by atoms with Crippen LogP contribution in [0.1, 0.15) is 25.0 Å². The first-order valence-electron chi connectivity index (χ1n) is 4.96. The highest BCUT2D eigenvalue weighted by molar-refractivity contribution is 5.33. The van der Waals surface area contributed by atoms with E-state index in [1.807, 2.05) is 19.1 Å². The Morgan fingerprint density at radius 1 is 1.57 bits per heavy atom. The van der Waals surface area contributed by atoms with E-state index in [1.54, 1.807) is 0 Å². The second-order valence-electron chi connectivity index (χ2n) is 4.01. The van der Waals surface area contributed by atoms with Crippen LogP contribution in [-0.2, 0) is 0 Å². The molecule has 0 atom stereocenters. The largest absolute Gasteiger partial charge is 0.446 e. The van der Waals surface area contributed by atoms with Gasteiger partial charge in [0.2, 0.25) is 0 Å². The van der Waals surface area contributed by atoms with Gasteiger partial charge in [0, 0.05) is 12.6 Å². The fourth-order valence-electron chi connectivity index (χ4n) is 1.72. The number of rotatable bonds is 3. The smallest absolute Gasteiger partial charge is 0.193 e. The van der Waals surface area contributed by atoms with E-state index in [-0.39, 0.29) is 5.41 Å². The van der Waals surface area contributed by atoms with Crippen LogP contribution in [0.15, 0.2) is 16.5 Å². The van der Waals surface area contributed by atoms with Gasteiger partial charge in [0.15, 0.2) is 5.88 Å². The molecule has 1 aliphatic rings. The number of hydrogen-bond acceptors (Lipinski definition) is 3. The number of aryl methyl sites for hydroxylation is 1. The summed E-state index contributed by atoms with van der Waals surface area (Å²) in [6, 6.07) is 6.21. The fraction of sp³-hybridized carbons (Fsp3) is 0.545. The molecule has 0 bridgehead atoms. The number of nitrogens with one attached hydrogen (secondary N) is 1. The van der Waals surface area contributed by atoms with Gasteiger partial charge < -0.3 is 9.73 Å². The zero-order chi connectivity index (χ0) is 10.0. The van der Waals surface area contributed by atoms with Crippen molar-refractivity contribution in [1.82, 2.24) is 0 Å². The van der Waals surface area contributed by atoms with Crippen LogP contribution < -0.4 is 5.32 Å². The number of nitriles is 1. The summed E-state index contributed by atoms with van der Waals surface area (Å²) < 4.78 is 5.37. The van der Waals surface area contributed by atoms with Gasteiger partial charge in [-0.2, -0.15) is 5.26 Å². The Morgan fingerprint density at radius 3 is 2.79 bits per heavy atom. The van der Waals surface area contributed by atoms with Crippen LogP contribution in [0.5, 0.6) is 0 Å². The Labute approximate surface area is 83.7 Å². The molecule has 0 aromatic carbocycles. The number of nitrogens with zero attached hydrogens (tertiary/aromatic N) is 1. The lowest BCUT2D eigenvalue weighted by atomic mass is 9.70. The number of furan rings is 1. The lowest BCUT2D eigenvalue weighted by Crippen LogP contribution is -2.34. The normalized spacial score (nSPS) is 18.3. The van der Waals surface area contributed by atoms with Gasteiger partial charge in [-0.3, -0.25) is 0 Å². The Morgan fingerprint density at radius 2 is 2.36 bits per heavy atom. The Balaban J connectivity index is 1.91. The molecule has 3 heteroatoms. The molecule has 0 radical (unpaired) electrons. The van der Waals surface area contributed by atoms with Crippen LogP contribution in [0, 0.1) is 23.7 Å². The Hall–Kier alpha value is -1.43. The highest BCUT2D eigenvalue weighted by atomic mass is 16.4. The average Bonchev–Trinajstić information content (AvgIpc) is 2.50. The highest BCUT2D eigenvalue weighted by Crippen LogP contribution is 2.40. The third kappa shape index (κ3) is 1.60. The maximum absolute atomic E-state index is 9.00. The minimum absolute atomic E-state index is 0.138. The summed E-state index contributed by atoms with van der Waals surface area (Å²) in [6.07, 6.45) is 3.19. The van der Waals surface area contributed by atoms with Crippen LogP contribution in [-0.4, -0.2) is 6.54 Å². The van der Waals surface area contributed by atoms with E-state index >= 15 is 0 Å². The van der Waals surface area contributed by atoms with Crippen molar-refractivity contribution in [3.63, 3.8) is 0 Å². The van der Waals surface area contributed by atoms with Crippen molar-refractivity contribution in [3.05, 3.63) is 17.9 Å². The quantitative estimate of drug-likeness (QED) is 0.797. The molecule has 1 aromatic heterocycles. The summed E-state index contributed by atoms with van der Waals surface area (Å²) in [5.74, 6) is 1.66. The van der Waals surface area contributed by atoms with Gasteiger partial charge in [0.05, 0.1) is 11.5 Å². The molecule has 1 heterocycles. The van der Waals surface area contributed by atoms with Gasteiger partial charge in [0.25, 0.3) is 0 Å². The van der Waals surface area contributed by atoms with E-state index in [1.165, 1.54) is 6.42 Å². The summed E-state index contributed by atoms with van der Waals surface area (Å²) in [5, 5.41) is 12.2. The molecule has 0 spiro atoms. The van der Waals surface area contributed by atoms with Gasteiger partial charge in [-0.25, -0.2) is 0 Å². The molecule has 1 N–H and O–H groups in total. The molecule has 1 saturated carbocycles. The van der Waals surface area contributed by atoms with E-state index in [0.717, 1.165) is 24.5 Å². The highest BCUT2D eigenvalue weighted by Gasteiger charge is 2.37.